The van der Waals surface area contributed by atoms with Crippen LogP contribution in [0.2, 0.25) is 5.02 Å². The lowest BCUT2D eigenvalue weighted by molar-refractivity contribution is -0.0613. The summed E-state index contributed by atoms with van der Waals surface area (Å²) in [6.07, 6.45) is 6.65. The van der Waals surface area contributed by atoms with Gasteiger partial charge in [0.1, 0.15) is 16.9 Å². The van der Waals surface area contributed by atoms with Gasteiger partial charge in [0.2, 0.25) is 0 Å². The predicted octanol–water partition coefficient (Wildman–Crippen LogP) is 2.74. The fourth-order valence-corrected chi connectivity index (χ4v) is 3.78. The molecule has 2 unspecified atom stereocenters. The fraction of sp³-hybridized carbons (Fsp3) is 0.600. The standard InChI is InChI=1S/C15H18ClN3O/c16-13-11(9-17)4-7-18-14(13)19-8-6-15(20)5-2-1-3-12(15)10-19/h4,7,12,20H,1-3,5-6,8,10H2. The average molecular weight is 292 g/mol. The zero-order chi connectivity index (χ0) is 14.2. The van der Waals surface area contributed by atoms with E-state index < -0.39 is 5.60 Å². The van der Waals surface area contributed by atoms with Crippen LogP contribution >= 0.6 is 11.6 Å². The van der Waals surface area contributed by atoms with Gasteiger partial charge in [-0.15, -0.1) is 0 Å². The maximum atomic E-state index is 10.7. The van der Waals surface area contributed by atoms with Crippen LogP contribution in [0.1, 0.15) is 37.7 Å². The molecule has 5 heteroatoms. The van der Waals surface area contributed by atoms with E-state index in [1.165, 1.54) is 6.42 Å². The number of hydrogen-bond acceptors (Lipinski definition) is 4. The Bertz CT molecular complexity index is 557. The smallest absolute Gasteiger partial charge is 0.148 e. The van der Waals surface area contributed by atoms with Gasteiger partial charge in [0, 0.05) is 25.2 Å². The van der Waals surface area contributed by atoms with Crippen LogP contribution in [0.25, 0.3) is 0 Å². The van der Waals surface area contributed by atoms with Crippen LogP contribution < -0.4 is 4.90 Å². The van der Waals surface area contributed by atoms with Gasteiger partial charge < -0.3 is 10.0 Å². The Labute approximate surface area is 124 Å². The maximum Gasteiger partial charge on any atom is 0.148 e. The second-order valence-corrected chi connectivity index (χ2v) is 6.23. The number of nitrogens with zero attached hydrogens (tertiary/aromatic N) is 3. The molecule has 1 saturated carbocycles. The van der Waals surface area contributed by atoms with Crippen molar-refractivity contribution < 1.29 is 5.11 Å². The molecule has 3 rings (SSSR count). The zero-order valence-corrected chi connectivity index (χ0v) is 12.1. The molecule has 1 aliphatic heterocycles. The third-order valence-electron chi connectivity index (χ3n) is 4.72. The molecule has 1 aromatic heterocycles. The molecule has 2 heterocycles. The number of rotatable bonds is 1. The molecule has 0 spiro atoms. The van der Waals surface area contributed by atoms with E-state index in [0.717, 1.165) is 38.8 Å². The highest BCUT2D eigenvalue weighted by Gasteiger charge is 2.43. The number of hydrogen-bond donors (Lipinski definition) is 1. The van der Waals surface area contributed by atoms with Crippen molar-refractivity contribution >= 4 is 17.4 Å². The van der Waals surface area contributed by atoms with E-state index in [9.17, 15) is 5.11 Å². The van der Waals surface area contributed by atoms with Gasteiger partial charge in [0.25, 0.3) is 0 Å². The van der Waals surface area contributed by atoms with Crippen LogP contribution in [0, 0.1) is 17.2 Å². The van der Waals surface area contributed by atoms with E-state index in [-0.39, 0.29) is 5.92 Å². The van der Waals surface area contributed by atoms with Crippen LogP contribution in [0.5, 0.6) is 0 Å². The Kier molecular flexibility index (Phi) is 3.57. The first-order valence-electron chi connectivity index (χ1n) is 7.16. The molecule has 2 fully saturated rings. The number of aliphatic hydroxyl groups is 1. The van der Waals surface area contributed by atoms with Crippen LogP contribution in [-0.2, 0) is 0 Å². The lowest BCUT2D eigenvalue weighted by Crippen LogP contribution is -2.53. The quantitative estimate of drug-likeness (QED) is 0.864. The van der Waals surface area contributed by atoms with Crippen molar-refractivity contribution in [2.45, 2.75) is 37.7 Å². The molecule has 1 aromatic rings. The Morgan fingerprint density at radius 1 is 1.45 bits per heavy atom. The van der Waals surface area contributed by atoms with Gasteiger partial charge in [-0.25, -0.2) is 4.98 Å². The summed E-state index contributed by atoms with van der Waals surface area (Å²) in [4.78, 5) is 6.45. The Balaban J connectivity index is 1.85. The van der Waals surface area contributed by atoms with Crippen molar-refractivity contribution in [2.24, 2.45) is 5.92 Å². The summed E-state index contributed by atoms with van der Waals surface area (Å²) >= 11 is 6.26. The summed E-state index contributed by atoms with van der Waals surface area (Å²) in [5, 5.41) is 20.2. The molecule has 2 aliphatic rings. The summed E-state index contributed by atoms with van der Waals surface area (Å²) < 4.78 is 0. The number of fused-ring (bicyclic) bond motifs is 1. The molecule has 0 bridgehead atoms. The molecule has 0 aromatic carbocycles. The number of halogens is 1. The lowest BCUT2D eigenvalue weighted by atomic mass is 9.71. The Morgan fingerprint density at radius 3 is 3.10 bits per heavy atom. The summed E-state index contributed by atoms with van der Waals surface area (Å²) in [7, 11) is 0. The monoisotopic (exact) mass is 291 g/mol. The highest BCUT2D eigenvalue weighted by atomic mass is 35.5. The Hall–Kier alpha value is -1.31. The third kappa shape index (κ3) is 2.25. The predicted molar refractivity (Wildman–Crippen MR) is 77.7 cm³/mol. The van der Waals surface area contributed by atoms with Crippen molar-refractivity contribution in [3.63, 3.8) is 0 Å². The second kappa shape index (κ2) is 5.23. The van der Waals surface area contributed by atoms with Crippen LogP contribution in [0.3, 0.4) is 0 Å². The van der Waals surface area contributed by atoms with E-state index in [0.29, 0.717) is 16.4 Å². The molecule has 0 amide bonds. The van der Waals surface area contributed by atoms with E-state index in [1.807, 2.05) is 0 Å². The van der Waals surface area contributed by atoms with Gasteiger partial charge >= 0.3 is 0 Å². The van der Waals surface area contributed by atoms with Gasteiger partial charge in [0.05, 0.1) is 11.2 Å². The van der Waals surface area contributed by atoms with Gasteiger partial charge in [-0.2, -0.15) is 5.26 Å². The normalized spacial score (nSPS) is 29.6. The summed E-state index contributed by atoms with van der Waals surface area (Å²) in [5.74, 6) is 0.965. The van der Waals surface area contributed by atoms with Gasteiger partial charge in [-0.1, -0.05) is 24.4 Å². The first kappa shape index (κ1) is 13.7. The van der Waals surface area contributed by atoms with E-state index in [2.05, 4.69) is 16.0 Å². The highest BCUT2D eigenvalue weighted by molar-refractivity contribution is 6.34. The maximum absolute atomic E-state index is 10.7. The topological polar surface area (TPSA) is 60.2 Å². The largest absolute Gasteiger partial charge is 0.389 e. The molecular weight excluding hydrogens is 274 g/mol. The van der Waals surface area contributed by atoms with Gasteiger partial charge in [0.15, 0.2) is 0 Å². The number of piperidine rings is 1. The van der Waals surface area contributed by atoms with Gasteiger partial charge in [-0.3, -0.25) is 0 Å². The second-order valence-electron chi connectivity index (χ2n) is 5.85. The van der Waals surface area contributed by atoms with Crippen molar-refractivity contribution in [1.82, 2.24) is 4.98 Å². The van der Waals surface area contributed by atoms with E-state index >= 15 is 0 Å². The number of anilines is 1. The van der Waals surface area contributed by atoms with Gasteiger partial charge in [-0.05, 0) is 25.3 Å². The third-order valence-corrected chi connectivity index (χ3v) is 5.09. The number of nitriles is 1. The minimum absolute atomic E-state index is 0.286. The van der Waals surface area contributed by atoms with Crippen molar-refractivity contribution in [2.75, 3.05) is 18.0 Å². The minimum atomic E-state index is -0.506. The molecule has 0 radical (unpaired) electrons. The molecule has 1 N–H and O–H groups in total. The van der Waals surface area contributed by atoms with Crippen LogP contribution in [-0.4, -0.2) is 28.8 Å². The van der Waals surface area contributed by atoms with Crippen molar-refractivity contribution in [3.8, 4) is 6.07 Å². The lowest BCUT2D eigenvalue weighted by Gasteiger charge is -2.47. The first-order valence-corrected chi connectivity index (χ1v) is 7.54. The van der Waals surface area contributed by atoms with Crippen molar-refractivity contribution in [3.05, 3.63) is 22.8 Å². The van der Waals surface area contributed by atoms with Crippen LogP contribution in [0.4, 0.5) is 5.82 Å². The SMILES string of the molecule is N#Cc1ccnc(N2CCC3(O)CCCCC3C2)c1Cl. The van der Waals surface area contributed by atoms with E-state index in [4.69, 9.17) is 16.9 Å². The summed E-state index contributed by atoms with van der Waals surface area (Å²) in [6.45, 7) is 1.52. The molecule has 1 saturated heterocycles. The summed E-state index contributed by atoms with van der Waals surface area (Å²) in [6, 6.07) is 3.72. The highest BCUT2D eigenvalue weighted by Crippen LogP contribution is 2.41. The fourth-order valence-electron chi connectivity index (χ4n) is 3.50. The van der Waals surface area contributed by atoms with Crippen molar-refractivity contribution in [1.29, 1.82) is 5.26 Å². The average Bonchev–Trinajstić information content (AvgIpc) is 2.47. The summed E-state index contributed by atoms with van der Waals surface area (Å²) in [5.41, 5.74) is -0.0465. The molecule has 1 aliphatic carbocycles. The first-order chi connectivity index (χ1) is 9.64. The minimum Gasteiger partial charge on any atom is -0.389 e. The van der Waals surface area contributed by atoms with Crippen LogP contribution in [0.15, 0.2) is 12.3 Å². The number of pyridine rings is 1. The Morgan fingerprint density at radius 2 is 2.30 bits per heavy atom. The molecular formula is C15H18ClN3O. The van der Waals surface area contributed by atoms with E-state index in [1.54, 1.807) is 12.3 Å². The molecule has 4 nitrogen and oxygen atoms in total. The molecule has 20 heavy (non-hydrogen) atoms. The zero-order valence-electron chi connectivity index (χ0n) is 11.3. The number of aromatic nitrogens is 1. The molecule has 106 valence electrons. The molecule has 2 atom stereocenters.